The summed E-state index contributed by atoms with van der Waals surface area (Å²) >= 11 is 0. The van der Waals surface area contributed by atoms with E-state index in [-0.39, 0.29) is 0 Å². The zero-order chi connectivity index (χ0) is 10.4. The van der Waals surface area contributed by atoms with Gasteiger partial charge < -0.3 is 9.73 Å². The molecular weight excluding hydrogens is 174 g/mol. The second kappa shape index (κ2) is 5.86. The molecule has 1 aromatic heterocycles. The molecule has 14 heavy (non-hydrogen) atoms. The molecule has 1 atom stereocenters. The Kier molecular flexibility index (Phi) is 4.74. The van der Waals surface area contributed by atoms with Crippen LogP contribution in [0.15, 0.2) is 22.8 Å². The SMILES string of the molecule is CCC(CC)NC(CC)c1ccco1. The third-order valence-corrected chi connectivity index (χ3v) is 2.72. The molecule has 0 fully saturated rings. The van der Waals surface area contributed by atoms with Crippen LogP contribution in [-0.4, -0.2) is 6.04 Å². The number of hydrogen-bond donors (Lipinski definition) is 1. The predicted octanol–water partition coefficient (Wildman–Crippen LogP) is 3.51. The second-order valence-electron chi connectivity index (χ2n) is 3.66. The number of hydrogen-bond acceptors (Lipinski definition) is 2. The van der Waals surface area contributed by atoms with Crippen LogP contribution in [0.3, 0.4) is 0 Å². The molecule has 1 aromatic rings. The average Bonchev–Trinajstić information content (AvgIpc) is 2.73. The van der Waals surface area contributed by atoms with Crippen molar-refractivity contribution in [3.8, 4) is 0 Å². The van der Waals surface area contributed by atoms with Gasteiger partial charge in [0.25, 0.3) is 0 Å². The van der Waals surface area contributed by atoms with Gasteiger partial charge in [-0.1, -0.05) is 20.8 Å². The first-order valence-corrected chi connectivity index (χ1v) is 5.61. The standard InChI is InChI=1S/C12H21NO/c1-4-10(5-2)13-11(6-3)12-8-7-9-14-12/h7-11,13H,4-6H2,1-3H3. The molecule has 1 unspecified atom stereocenters. The highest BCUT2D eigenvalue weighted by Gasteiger charge is 2.14. The first kappa shape index (κ1) is 11.3. The Hall–Kier alpha value is -0.760. The maximum atomic E-state index is 5.41. The van der Waals surface area contributed by atoms with E-state index in [1.807, 2.05) is 12.1 Å². The molecule has 0 aromatic carbocycles. The highest BCUT2D eigenvalue weighted by Crippen LogP contribution is 2.18. The molecule has 80 valence electrons. The Morgan fingerprint density at radius 1 is 1.21 bits per heavy atom. The Morgan fingerprint density at radius 3 is 2.36 bits per heavy atom. The summed E-state index contributed by atoms with van der Waals surface area (Å²) < 4.78 is 5.41. The fraction of sp³-hybridized carbons (Fsp3) is 0.667. The van der Waals surface area contributed by atoms with Gasteiger partial charge in [-0.25, -0.2) is 0 Å². The fourth-order valence-corrected chi connectivity index (χ4v) is 1.70. The Labute approximate surface area is 86.7 Å². The first-order valence-electron chi connectivity index (χ1n) is 5.61. The molecule has 1 rings (SSSR count). The molecule has 1 N–H and O–H groups in total. The monoisotopic (exact) mass is 195 g/mol. The molecule has 0 aliphatic heterocycles. The minimum atomic E-state index is 0.370. The highest BCUT2D eigenvalue weighted by molar-refractivity contribution is 5.04. The normalized spacial score (nSPS) is 13.4. The van der Waals surface area contributed by atoms with Crippen LogP contribution in [0.25, 0.3) is 0 Å². The van der Waals surface area contributed by atoms with E-state index in [9.17, 15) is 0 Å². The summed E-state index contributed by atoms with van der Waals surface area (Å²) in [5, 5.41) is 3.61. The van der Waals surface area contributed by atoms with Crippen molar-refractivity contribution in [2.24, 2.45) is 0 Å². The zero-order valence-corrected chi connectivity index (χ0v) is 9.42. The average molecular weight is 195 g/mol. The van der Waals surface area contributed by atoms with Gasteiger partial charge in [0.1, 0.15) is 5.76 Å². The molecule has 0 amide bonds. The van der Waals surface area contributed by atoms with Crippen molar-refractivity contribution in [2.75, 3.05) is 0 Å². The summed E-state index contributed by atoms with van der Waals surface area (Å²) in [6.45, 7) is 6.62. The van der Waals surface area contributed by atoms with Gasteiger partial charge in [0.2, 0.25) is 0 Å². The molecule has 0 spiro atoms. The van der Waals surface area contributed by atoms with E-state index in [0.29, 0.717) is 12.1 Å². The smallest absolute Gasteiger partial charge is 0.120 e. The van der Waals surface area contributed by atoms with Crippen LogP contribution in [0.1, 0.15) is 51.8 Å². The van der Waals surface area contributed by atoms with Crippen LogP contribution in [0.5, 0.6) is 0 Å². The van der Waals surface area contributed by atoms with Crippen molar-refractivity contribution in [3.05, 3.63) is 24.2 Å². The Bertz CT molecular complexity index is 226. The van der Waals surface area contributed by atoms with Crippen molar-refractivity contribution < 1.29 is 4.42 Å². The van der Waals surface area contributed by atoms with E-state index in [1.54, 1.807) is 6.26 Å². The molecule has 1 heterocycles. The zero-order valence-electron chi connectivity index (χ0n) is 9.42. The summed E-state index contributed by atoms with van der Waals surface area (Å²) in [5.41, 5.74) is 0. The summed E-state index contributed by atoms with van der Waals surface area (Å²) in [6.07, 6.45) is 5.16. The second-order valence-corrected chi connectivity index (χ2v) is 3.66. The Morgan fingerprint density at radius 2 is 1.93 bits per heavy atom. The molecule has 0 saturated heterocycles. The summed E-state index contributed by atoms with van der Waals surface area (Å²) in [6, 6.07) is 4.97. The van der Waals surface area contributed by atoms with Crippen molar-refractivity contribution in [2.45, 2.75) is 52.1 Å². The van der Waals surface area contributed by atoms with Gasteiger partial charge in [0, 0.05) is 6.04 Å². The van der Waals surface area contributed by atoms with Gasteiger partial charge in [-0.15, -0.1) is 0 Å². The van der Waals surface area contributed by atoms with Crippen LogP contribution in [0.2, 0.25) is 0 Å². The third kappa shape index (κ3) is 2.88. The van der Waals surface area contributed by atoms with E-state index in [4.69, 9.17) is 4.42 Å². The van der Waals surface area contributed by atoms with E-state index >= 15 is 0 Å². The van der Waals surface area contributed by atoms with Crippen LogP contribution in [-0.2, 0) is 0 Å². The molecule has 0 bridgehead atoms. The van der Waals surface area contributed by atoms with Crippen LogP contribution in [0.4, 0.5) is 0 Å². The van der Waals surface area contributed by atoms with Gasteiger partial charge >= 0.3 is 0 Å². The van der Waals surface area contributed by atoms with Crippen molar-refractivity contribution in [3.63, 3.8) is 0 Å². The lowest BCUT2D eigenvalue weighted by atomic mass is 10.1. The Balaban J connectivity index is 2.55. The molecule has 2 heteroatoms. The predicted molar refractivity (Wildman–Crippen MR) is 59.2 cm³/mol. The highest BCUT2D eigenvalue weighted by atomic mass is 16.3. The fourth-order valence-electron chi connectivity index (χ4n) is 1.70. The number of rotatable bonds is 6. The van der Waals surface area contributed by atoms with E-state index in [2.05, 4.69) is 26.1 Å². The molecule has 0 aliphatic carbocycles. The van der Waals surface area contributed by atoms with Gasteiger partial charge in [-0.2, -0.15) is 0 Å². The summed E-state index contributed by atoms with van der Waals surface area (Å²) in [7, 11) is 0. The summed E-state index contributed by atoms with van der Waals surface area (Å²) in [5.74, 6) is 1.06. The lowest BCUT2D eigenvalue weighted by Crippen LogP contribution is -2.31. The van der Waals surface area contributed by atoms with E-state index in [0.717, 1.165) is 12.2 Å². The van der Waals surface area contributed by atoms with Gasteiger partial charge in [-0.05, 0) is 31.4 Å². The molecular formula is C12H21NO. The lowest BCUT2D eigenvalue weighted by Gasteiger charge is -2.21. The third-order valence-electron chi connectivity index (χ3n) is 2.72. The first-order chi connectivity index (χ1) is 6.81. The topological polar surface area (TPSA) is 25.2 Å². The van der Waals surface area contributed by atoms with Crippen LogP contribution in [0, 0.1) is 0 Å². The van der Waals surface area contributed by atoms with Crippen LogP contribution < -0.4 is 5.32 Å². The molecule has 2 nitrogen and oxygen atoms in total. The van der Waals surface area contributed by atoms with Crippen molar-refractivity contribution in [1.29, 1.82) is 0 Å². The largest absolute Gasteiger partial charge is 0.468 e. The van der Waals surface area contributed by atoms with Crippen LogP contribution >= 0.6 is 0 Å². The minimum absolute atomic E-state index is 0.370. The van der Waals surface area contributed by atoms with E-state index < -0.39 is 0 Å². The molecule has 0 saturated carbocycles. The van der Waals surface area contributed by atoms with Gasteiger partial charge in [0.15, 0.2) is 0 Å². The molecule has 0 radical (unpaired) electrons. The van der Waals surface area contributed by atoms with Gasteiger partial charge in [0.05, 0.1) is 12.3 Å². The maximum absolute atomic E-state index is 5.41. The number of furan rings is 1. The minimum Gasteiger partial charge on any atom is -0.468 e. The summed E-state index contributed by atoms with van der Waals surface area (Å²) in [4.78, 5) is 0. The van der Waals surface area contributed by atoms with Crippen molar-refractivity contribution in [1.82, 2.24) is 5.32 Å². The number of nitrogens with one attached hydrogen (secondary N) is 1. The van der Waals surface area contributed by atoms with Crippen molar-refractivity contribution >= 4 is 0 Å². The maximum Gasteiger partial charge on any atom is 0.120 e. The lowest BCUT2D eigenvalue weighted by molar-refractivity contribution is 0.353. The molecule has 0 aliphatic rings. The van der Waals surface area contributed by atoms with E-state index in [1.165, 1.54) is 12.8 Å². The quantitative estimate of drug-likeness (QED) is 0.751. The van der Waals surface area contributed by atoms with Gasteiger partial charge in [-0.3, -0.25) is 0 Å².